The highest BCUT2D eigenvalue weighted by Crippen LogP contribution is 2.38. The molecule has 1 aliphatic heterocycles. The van der Waals surface area contributed by atoms with Crippen molar-refractivity contribution in [2.75, 3.05) is 13.1 Å². The lowest BCUT2D eigenvalue weighted by molar-refractivity contribution is -0.142. The number of aromatic nitrogens is 1. The molecular weight excluding hydrogens is 343 g/mol. The number of halogens is 5. The van der Waals surface area contributed by atoms with Crippen molar-refractivity contribution in [1.29, 1.82) is 0 Å². The molecule has 2 atom stereocenters. The summed E-state index contributed by atoms with van der Waals surface area (Å²) in [6.45, 7) is 1.30. The Bertz CT molecular complexity index is 730. The molecule has 0 spiro atoms. The molecule has 1 N–H and O–H groups in total. The molecule has 0 radical (unpaired) electrons. The number of alkyl halides is 3. The van der Waals surface area contributed by atoms with Crippen molar-refractivity contribution >= 4 is 0 Å². The molecule has 1 aliphatic rings. The second kappa shape index (κ2) is 6.95. The molecule has 3 nitrogen and oxygen atoms in total. The summed E-state index contributed by atoms with van der Waals surface area (Å²) >= 11 is 0. The molecule has 134 valence electrons. The minimum atomic E-state index is -5.17. The first-order valence-corrected chi connectivity index (χ1v) is 7.71. The predicted octanol–water partition coefficient (Wildman–Crippen LogP) is 4.11. The number of hydrogen-bond donors (Lipinski definition) is 1. The molecule has 1 fully saturated rings. The molecular formula is C17H15F5N2O. The standard InChI is InChI=1S/C17H15F5N2O/c18-12-9-24-16(14(19)13(12)17(20,21)22)25-15(11-6-7-23-8-11)10-4-2-1-3-5-10/h1-5,9,11,15,23H,6-8H2/t11-,15-/m0/s1. The van der Waals surface area contributed by atoms with Crippen LogP contribution in [0.25, 0.3) is 0 Å². The van der Waals surface area contributed by atoms with E-state index in [0.717, 1.165) is 6.54 Å². The van der Waals surface area contributed by atoms with E-state index >= 15 is 0 Å². The quantitative estimate of drug-likeness (QED) is 0.836. The Morgan fingerprint density at radius 2 is 1.88 bits per heavy atom. The summed E-state index contributed by atoms with van der Waals surface area (Å²) in [7, 11) is 0. The van der Waals surface area contributed by atoms with Crippen molar-refractivity contribution < 1.29 is 26.7 Å². The Kier molecular flexibility index (Phi) is 4.89. The van der Waals surface area contributed by atoms with Crippen molar-refractivity contribution in [3.05, 3.63) is 59.3 Å². The van der Waals surface area contributed by atoms with Crippen LogP contribution in [-0.2, 0) is 6.18 Å². The molecule has 2 aromatic rings. The van der Waals surface area contributed by atoms with Crippen LogP contribution in [0.4, 0.5) is 22.0 Å². The van der Waals surface area contributed by atoms with E-state index in [1.807, 2.05) is 0 Å². The maximum Gasteiger partial charge on any atom is 0.422 e. The molecule has 0 bridgehead atoms. The van der Waals surface area contributed by atoms with Gasteiger partial charge in [-0.2, -0.15) is 13.2 Å². The fraction of sp³-hybridized carbons (Fsp3) is 0.353. The molecule has 0 aliphatic carbocycles. The summed E-state index contributed by atoms with van der Waals surface area (Å²) in [5.74, 6) is -4.52. The highest BCUT2D eigenvalue weighted by molar-refractivity contribution is 5.29. The Labute approximate surface area is 140 Å². The lowest BCUT2D eigenvalue weighted by Gasteiger charge is -2.25. The molecule has 0 saturated carbocycles. The van der Waals surface area contributed by atoms with Gasteiger partial charge >= 0.3 is 6.18 Å². The summed E-state index contributed by atoms with van der Waals surface area (Å²) < 4.78 is 71.8. The summed E-state index contributed by atoms with van der Waals surface area (Å²) in [5.41, 5.74) is -1.30. The van der Waals surface area contributed by atoms with Gasteiger partial charge in [0.2, 0.25) is 0 Å². The molecule has 0 unspecified atom stereocenters. The summed E-state index contributed by atoms with van der Waals surface area (Å²) in [6.07, 6.45) is -4.82. The average Bonchev–Trinajstić information content (AvgIpc) is 3.08. The molecule has 2 heterocycles. The molecule has 1 aromatic heterocycles. The maximum absolute atomic E-state index is 14.2. The van der Waals surface area contributed by atoms with E-state index in [1.54, 1.807) is 30.3 Å². The zero-order valence-electron chi connectivity index (χ0n) is 13.0. The highest BCUT2D eigenvalue weighted by Gasteiger charge is 2.40. The number of nitrogens with zero attached hydrogens (tertiary/aromatic N) is 1. The Balaban J connectivity index is 1.98. The second-order valence-corrected chi connectivity index (χ2v) is 5.80. The van der Waals surface area contributed by atoms with Gasteiger partial charge in [0.05, 0.1) is 6.20 Å². The van der Waals surface area contributed by atoms with Crippen LogP contribution in [0.15, 0.2) is 36.5 Å². The maximum atomic E-state index is 14.2. The zero-order valence-corrected chi connectivity index (χ0v) is 13.0. The lowest BCUT2D eigenvalue weighted by Crippen LogP contribution is -2.23. The molecule has 0 amide bonds. The highest BCUT2D eigenvalue weighted by atomic mass is 19.4. The first-order chi connectivity index (χ1) is 11.9. The molecule has 3 rings (SSSR count). The number of benzene rings is 1. The molecule has 25 heavy (non-hydrogen) atoms. The SMILES string of the molecule is Fc1cnc(O[C@@H](c2ccccc2)[C@H]2CCNC2)c(F)c1C(F)(F)F. The summed E-state index contributed by atoms with van der Waals surface area (Å²) in [4.78, 5) is 3.40. The third-order valence-corrected chi connectivity index (χ3v) is 4.12. The Morgan fingerprint density at radius 3 is 2.48 bits per heavy atom. The van der Waals surface area contributed by atoms with Crippen LogP contribution in [0.3, 0.4) is 0 Å². The van der Waals surface area contributed by atoms with E-state index in [4.69, 9.17) is 4.74 Å². The number of hydrogen-bond acceptors (Lipinski definition) is 3. The monoisotopic (exact) mass is 358 g/mol. The van der Waals surface area contributed by atoms with Crippen molar-refractivity contribution in [3.63, 3.8) is 0 Å². The minimum Gasteiger partial charge on any atom is -0.467 e. The smallest absolute Gasteiger partial charge is 0.422 e. The van der Waals surface area contributed by atoms with E-state index < -0.39 is 35.4 Å². The van der Waals surface area contributed by atoms with Crippen LogP contribution in [0.5, 0.6) is 5.88 Å². The zero-order chi connectivity index (χ0) is 18.0. The van der Waals surface area contributed by atoms with Crippen LogP contribution in [-0.4, -0.2) is 18.1 Å². The third kappa shape index (κ3) is 3.73. The minimum absolute atomic E-state index is 0.0667. The van der Waals surface area contributed by atoms with Gasteiger partial charge in [0, 0.05) is 12.5 Å². The van der Waals surface area contributed by atoms with Gasteiger partial charge in [-0.25, -0.2) is 13.8 Å². The topological polar surface area (TPSA) is 34.1 Å². The number of nitrogens with one attached hydrogen (secondary N) is 1. The average molecular weight is 358 g/mol. The first kappa shape index (κ1) is 17.6. The fourth-order valence-electron chi connectivity index (χ4n) is 2.93. The van der Waals surface area contributed by atoms with E-state index in [2.05, 4.69) is 10.3 Å². The van der Waals surface area contributed by atoms with Gasteiger partial charge in [0.15, 0.2) is 11.6 Å². The number of rotatable bonds is 4. The number of ether oxygens (including phenoxy) is 1. The van der Waals surface area contributed by atoms with Gasteiger partial charge < -0.3 is 10.1 Å². The third-order valence-electron chi connectivity index (χ3n) is 4.12. The van der Waals surface area contributed by atoms with Crippen LogP contribution >= 0.6 is 0 Å². The number of pyridine rings is 1. The van der Waals surface area contributed by atoms with Crippen LogP contribution in [0.1, 0.15) is 23.7 Å². The van der Waals surface area contributed by atoms with Crippen molar-refractivity contribution in [1.82, 2.24) is 10.3 Å². The van der Waals surface area contributed by atoms with Gasteiger partial charge in [0.25, 0.3) is 5.88 Å². The fourth-order valence-corrected chi connectivity index (χ4v) is 2.93. The van der Waals surface area contributed by atoms with Gasteiger partial charge in [-0.1, -0.05) is 30.3 Å². The van der Waals surface area contributed by atoms with Crippen molar-refractivity contribution in [2.45, 2.75) is 18.7 Å². The van der Waals surface area contributed by atoms with Gasteiger partial charge in [-0.3, -0.25) is 0 Å². The summed E-state index contributed by atoms with van der Waals surface area (Å²) in [5, 5.41) is 3.13. The van der Waals surface area contributed by atoms with E-state index in [0.29, 0.717) is 24.7 Å². The molecule has 1 saturated heterocycles. The molecule has 8 heteroatoms. The Morgan fingerprint density at radius 1 is 1.16 bits per heavy atom. The van der Waals surface area contributed by atoms with Crippen LogP contribution < -0.4 is 10.1 Å². The van der Waals surface area contributed by atoms with Gasteiger partial charge in [-0.15, -0.1) is 0 Å². The first-order valence-electron chi connectivity index (χ1n) is 7.71. The van der Waals surface area contributed by atoms with Crippen LogP contribution in [0, 0.1) is 17.6 Å². The van der Waals surface area contributed by atoms with Gasteiger partial charge in [0.1, 0.15) is 11.7 Å². The Hall–Kier alpha value is -2.22. The normalized spacial score (nSPS) is 19.0. The molecule has 1 aromatic carbocycles. The predicted molar refractivity (Wildman–Crippen MR) is 79.9 cm³/mol. The van der Waals surface area contributed by atoms with E-state index in [-0.39, 0.29) is 5.92 Å². The van der Waals surface area contributed by atoms with E-state index in [9.17, 15) is 22.0 Å². The van der Waals surface area contributed by atoms with Crippen molar-refractivity contribution in [2.24, 2.45) is 5.92 Å². The summed E-state index contributed by atoms with van der Waals surface area (Å²) in [6, 6.07) is 8.78. The lowest BCUT2D eigenvalue weighted by atomic mass is 9.95. The largest absolute Gasteiger partial charge is 0.467 e. The van der Waals surface area contributed by atoms with Gasteiger partial charge in [-0.05, 0) is 18.5 Å². The van der Waals surface area contributed by atoms with Crippen molar-refractivity contribution in [3.8, 4) is 5.88 Å². The van der Waals surface area contributed by atoms with Crippen LogP contribution in [0.2, 0.25) is 0 Å². The van der Waals surface area contributed by atoms with E-state index in [1.165, 1.54) is 0 Å². The second-order valence-electron chi connectivity index (χ2n) is 5.80.